The molecule has 1 saturated heterocycles. The summed E-state index contributed by atoms with van der Waals surface area (Å²) in [4.78, 5) is 2.50. The van der Waals surface area contributed by atoms with E-state index in [0.717, 1.165) is 43.1 Å². The van der Waals surface area contributed by atoms with Crippen molar-refractivity contribution in [2.75, 3.05) is 31.2 Å². The summed E-state index contributed by atoms with van der Waals surface area (Å²) in [6.07, 6.45) is 3.39. The molecule has 1 N–H and O–H groups in total. The van der Waals surface area contributed by atoms with Crippen molar-refractivity contribution in [1.29, 1.82) is 0 Å². The van der Waals surface area contributed by atoms with Gasteiger partial charge in [0.2, 0.25) is 10.0 Å². The zero-order valence-corrected chi connectivity index (χ0v) is 18.3. The molecule has 2 aromatic rings. The topological polar surface area (TPSA) is 58.6 Å². The molecule has 0 spiro atoms. The third kappa shape index (κ3) is 4.17. The first-order valence-corrected chi connectivity index (χ1v) is 12.2. The fourth-order valence-corrected chi connectivity index (χ4v) is 5.94. The highest BCUT2D eigenvalue weighted by Crippen LogP contribution is 2.54. The highest BCUT2D eigenvalue weighted by molar-refractivity contribution is 7.92. The average molecular weight is 435 g/mol. The minimum Gasteiger partial charge on any atom is -0.373 e. The number of halogens is 1. The van der Waals surface area contributed by atoms with Crippen LogP contribution in [0.2, 0.25) is 5.02 Å². The summed E-state index contributed by atoms with van der Waals surface area (Å²) >= 11 is 6.01. The molecule has 7 heteroatoms. The van der Waals surface area contributed by atoms with E-state index in [0.29, 0.717) is 17.5 Å². The summed E-state index contributed by atoms with van der Waals surface area (Å²) in [5, 5.41) is 0.758. The van der Waals surface area contributed by atoms with Crippen LogP contribution in [0.3, 0.4) is 0 Å². The molecule has 2 atom stereocenters. The van der Waals surface area contributed by atoms with E-state index in [2.05, 4.69) is 27.8 Å². The molecule has 1 aliphatic heterocycles. The molecule has 2 unspecified atom stereocenters. The van der Waals surface area contributed by atoms with E-state index in [4.69, 9.17) is 16.3 Å². The molecule has 4 rings (SSSR count). The molecule has 1 heterocycles. The van der Waals surface area contributed by atoms with Crippen LogP contribution in [-0.4, -0.2) is 39.8 Å². The second-order valence-corrected chi connectivity index (χ2v) is 10.4. The number of nitrogens with zero attached hydrogens (tertiary/aromatic N) is 1. The minimum atomic E-state index is -3.32. The third-order valence-corrected chi connectivity index (χ3v) is 7.17. The first kappa shape index (κ1) is 20.7. The van der Waals surface area contributed by atoms with Gasteiger partial charge >= 0.3 is 0 Å². The van der Waals surface area contributed by atoms with E-state index in [1.54, 1.807) is 13.2 Å². The van der Waals surface area contributed by atoms with Gasteiger partial charge in [-0.15, -0.1) is 0 Å². The molecule has 5 nitrogen and oxygen atoms in total. The van der Waals surface area contributed by atoms with Crippen LogP contribution in [0.25, 0.3) is 0 Å². The fraction of sp³-hybridized carbons (Fsp3) is 0.455. The Morgan fingerprint density at radius 2 is 1.79 bits per heavy atom. The van der Waals surface area contributed by atoms with Gasteiger partial charge in [-0.05, 0) is 48.2 Å². The Kier molecular flexibility index (Phi) is 5.64. The molecule has 0 radical (unpaired) electrons. The lowest BCUT2D eigenvalue weighted by Crippen LogP contribution is -2.52. The lowest BCUT2D eigenvalue weighted by Gasteiger charge is -2.47. The number of piperidine rings is 1. The van der Waals surface area contributed by atoms with Crippen LogP contribution < -0.4 is 4.72 Å². The number of rotatable bonds is 6. The predicted octanol–water partition coefficient (Wildman–Crippen LogP) is 4.10. The number of benzene rings is 2. The number of nitrogens with one attached hydrogen (secondary N) is 1. The van der Waals surface area contributed by atoms with Gasteiger partial charge in [0.05, 0.1) is 6.26 Å². The second kappa shape index (κ2) is 7.91. The zero-order chi connectivity index (χ0) is 20.6. The number of hydrogen-bond donors (Lipinski definition) is 1. The van der Waals surface area contributed by atoms with Gasteiger partial charge in [0, 0.05) is 49.3 Å². The number of fused-ring (bicyclic) bond motifs is 2. The van der Waals surface area contributed by atoms with Crippen LogP contribution in [0.15, 0.2) is 48.5 Å². The molecule has 156 valence electrons. The van der Waals surface area contributed by atoms with Crippen LogP contribution >= 0.6 is 11.6 Å². The molecule has 0 amide bonds. The van der Waals surface area contributed by atoms with E-state index in [1.807, 2.05) is 24.3 Å². The van der Waals surface area contributed by atoms with E-state index in [9.17, 15) is 8.42 Å². The summed E-state index contributed by atoms with van der Waals surface area (Å²) in [6.45, 7) is 2.81. The van der Waals surface area contributed by atoms with Gasteiger partial charge in [-0.25, -0.2) is 8.42 Å². The van der Waals surface area contributed by atoms with Gasteiger partial charge in [0.25, 0.3) is 0 Å². The van der Waals surface area contributed by atoms with Crippen molar-refractivity contribution >= 4 is 27.3 Å². The van der Waals surface area contributed by atoms with Crippen molar-refractivity contribution in [3.8, 4) is 0 Å². The Labute approximate surface area is 178 Å². The smallest absolute Gasteiger partial charge is 0.229 e. The standard InChI is InChI=1S/C22H27ClN2O3S/c1-28-22(17-4-3-5-21(12-17)24-29(2,26)27)18-8-9-19(22)15-25(14-18)13-16-6-10-20(23)11-7-16/h3-7,10-12,18-19,24H,8-9,13-15H2,1-2H3. The predicted molar refractivity (Wildman–Crippen MR) is 117 cm³/mol. The second-order valence-electron chi connectivity index (χ2n) is 8.24. The van der Waals surface area contributed by atoms with Gasteiger partial charge < -0.3 is 4.74 Å². The molecule has 2 bridgehead atoms. The maximum Gasteiger partial charge on any atom is 0.229 e. The highest BCUT2D eigenvalue weighted by atomic mass is 35.5. The summed E-state index contributed by atoms with van der Waals surface area (Å²) in [5.74, 6) is 0.735. The van der Waals surface area contributed by atoms with Crippen LogP contribution in [-0.2, 0) is 26.9 Å². The van der Waals surface area contributed by atoms with Gasteiger partial charge in [-0.3, -0.25) is 9.62 Å². The van der Waals surface area contributed by atoms with Gasteiger partial charge in [0.1, 0.15) is 5.60 Å². The number of hydrogen-bond acceptors (Lipinski definition) is 4. The number of likely N-dealkylation sites (tertiary alicyclic amines) is 1. The molecule has 1 aliphatic carbocycles. The average Bonchev–Trinajstić information content (AvgIpc) is 2.86. The lowest BCUT2D eigenvalue weighted by atomic mass is 9.74. The minimum absolute atomic E-state index is 0.368. The molecule has 29 heavy (non-hydrogen) atoms. The normalized spacial score (nSPS) is 27.1. The van der Waals surface area contributed by atoms with Gasteiger partial charge in [0.15, 0.2) is 0 Å². The molecule has 2 fully saturated rings. The van der Waals surface area contributed by atoms with Gasteiger partial charge in [-0.2, -0.15) is 0 Å². The third-order valence-electron chi connectivity index (χ3n) is 6.31. The van der Waals surface area contributed by atoms with Crippen molar-refractivity contribution in [2.45, 2.75) is 25.0 Å². The first-order chi connectivity index (χ1) is 13.8. The number of methoxy groups -OCH3 is 1. The van der Waals surface area contributed by atoms with E-state index < -0.39 is 10.0 Å². The number of ether oxygens (including phenoxy) is 1. The molecular formula is C22H27ClN2O3S. The molecular weight excluding hydrogens is 408 g/mol. The summed E-state index contributed by atoms with van der Waals surface area (Å²) < 4.78 is 32.1. The Morgan fingerprint density at radius 3 is 2.38 bits per heavy atom. The van der Waals surface area contributed by atoms with Crippen molar-refractivity contribution < 1.29 is 13.2 Å². The first-order valence-electron chi connectivity index (χ1n) is 9.90. The van der Waals surface area contributed by atoms with Crippen molar-refractivity contribution in [2.24, 2.45) is 11.8 Å². The van der Waals surface area contributed by atoms with E-state index in [1.165, 1.54) is 11.8 Å². The molecule has 1 saturated carbocycles. The van der Waals surface area contributed by atoms with Crippen LogP contribution in [0.4, 0.5) is 5.69 Å². The van der Waals surface area contributed by atoms with Crippen molar-refractivity contribution in [1.82, 2.24) is 4.90 Å². The van der Waals surface area contributed by atoms with Crippen LogP contribution in [0, 0.1) is 11.8 Å². The Hall–Kier alpha value is -1.60. The largest absolute Gasteiger partial charge is 0.373 e. The lowest BCUT2D eigenvalue weighted by molar-refractivity contribution is -0.120. The number of anilines is 1. The quantitative estimate of drug-likeness (QED) is 0.743. The van der Waals surface area contributed by atoms with Crippen molar-refractivity contribution in [3.05, 3.63) is 64.7 Å². The fourth-order valence-electron chi connectivity index (χ4n) is 5.26. The van der Waals surface area contributed by atoms with Crippen molar-refractivity contribution in [3.63, 3.8) is 0 Å². The molecule has 2 aromatic carbocycles. The molecule has 2 aliphatic rings. The van der Waals surface area contributed by atoms with E-state index in [-0.39, 0.29) is 5.60 Å². The van der Waals surface area contributed by atoms with E-state index >= 15 is 0 Å². The van der Waals surface area contributed by atoms with Gasteiger partial charge in [-0.1, -0.05) is 35.9 Å². The van der Waals surface area contributed by atoms with Crippen LogP contribution in [0.5, 0.6) is 0 Å². The summed E-state index contributed by atoms with van der Waals surface area (Å²) in [5.41, 5.74) is 2.54. The molecule has 0 aromatic heterocycles. The Bertz CT molecular complexity index is 964. The number of sulfonamides is 1. The summed E-state index contributed by atoms with van der Waals surface area (Å²) in [6, 6.07) is 15.7. The highest BCUT2D eigenvalue weighted by Gasteiger charge is 2.55. The monoisotopic (exact) mass is 434 g/mol. The van der Waals surface area contributed by atoms with Crippen LogP contribution in [0.1, 0.15) is 24.0 Å². The Morgan fingerprint density at radius 1 is 1.14 bits per heavy atom. The zero-order valence-electron chi connectivity index (χ0n) is 16.8. The Balaban J connectivity index is 1.58. The maximum absolute atomic E-state index is 11.7. The summed E-state index contributed by atoms with van der Waals surface area (Å²) in [7, 11) is -1.53. The SMILES string of the molecule is COC1(c2cccc(NS(C)(=O)=O)c2)C2CCC1CN(Cc1ccc(Cl)cc1)C2. The maximum atomic E-state index is 11.7.